The number of hydrogen-bond acceptors (Lipinski definition) is 2. The van der Waals surface area contributed by atoms with Gasteiger partial charge in [0, 0.05) is 12.6 Å². The van der Waals surface area contributed by atoms with E-state index in [4.69, 9.17) is 0 Å². The highest BCUT2D eigenvalue weighted by Crippen LogP contribution is 2.32. The largest absolute Gasteiger partial charge is 0.339 e. The van der Waals surface area contributed by atoms with Gasteiger partial charge in [-0.15, -0.1) is 0 Å². The predicted octanol–water partition coefficient (Wildman–Crippen LogP) is 3.99. The number of nitriles is 1. The molecule has 0 unspecified atom stereocenters. The fourth-order valence-electron chi connectivity index (χ4n) is 2.55. The molecule has 0 aliphatic heterocycles. The Bertz CT molecular complexity index is 309. The summed E-state index contributed by atoms with van der Waals surface area (Å²) in [6, 6.07) is 2.48. The van der Waals surface area contributed by atoms with Crippen molar-refractivity contribution in [3.8, 4) is 6.07 Å². The van der Waals surface area contributed by atoms with Crippen LogP contribution >= 0.6 is 0 Å². The first-order valence-electron chi connectivity index (χ1n) is 7.56. The minimum absolute atomic E-state index is 0.0300. The number of nitrogens with zero attached hydrogens (tertiary/aromatic N) is 2. The fourth-order valence-corrected chi connectivity index (χ4v) is 2.55. The molecule has 0 spiro atoms. The van der Waals surface area contributed by atoms with Gasteiger partial charge in [-0.2, -0.15) is 5.26 Å². The standard InChI is InChI=1S/C16H30N2O/c1-7-9-16(12-17,10-8-2)15(19)18(14(5)6)11-13(3)4/h13-14H,7-11H2,1-6H3. The van der Waals surface area contributed by atoms with Gasteiger partial charge in [-0.1, -0.05) is 40.5 Å². The molecule has 0 saturated carbocycles. The molecule has 0 radical (unpaired) electrons. The van der Waals surface area contributed by atoms with Crippen molar-refractivity contribution in [1.29, 1.82) is 5.26 Å². The molecule has 0 aliphatic rings. The van der Waals surface area contributed by atoms with Crippen molar-refractivity contribution >= 4 is 5.91 Å². The zero-order valence-corrected chi connectivity index (χ0v) is 13.5. The summed E-state index contributed by atoms with van der Waals surface area (Å²) < 4.78 is 0. The third-order valence-corrected chi connectivity index (χ3v) is 3.42. The third kappa shape index (κ3) is 4.86. The normalized spacial score (nSPS) is 11.7. The van der Waals surface area contributed by atoms with Gasteiger partial charge in [-0.05, 0) is 32.6 Å². The van der Waals surface area contributed by atoms with Crippen LogP contribution in [0.5, 0.6) is 0 Å². The number of hydrogen-bond donors (Lipinski definition) is 0. The maximum Gasteiger partial charge on any atom is 0.243 e. The molecule has 0 fully saturated rings. The molecule has 0 bridgehead atoms. The molecule has 0 heterocycles. The Labute approximate surface area is 119 Å². The summed E-state index contributed by atoms with van der Waals surface area (Å²) >= 11 is 0. The van der Waals surface area contributed by atoms with Crippen molar-refractivity contribution in [2.45, 2.75) is 73.3 Å². The summed E-state index contributed by atoms with van der Waals surface area (Å²) in [5.41, 5.74) is -0.817. The third-order valence-electron chi connectivity index (χ3n) is 3.42. The van der Waals surface area contributed by atoms with E-state index in [0.717, 1.165) is 19.4 Å². The molecule has 1 amide bonds. The Hall–Kier alpha value is -1.04. The number of carbonyl (C=O) groups is 1. The van der Waals surface area contributed by atoms with Gasteiger partial charge < -0.3 is 4.90 Å². The first-order valence-corrected chi connectivity index (χ1v) is 7.56. The minimum atomic E-state index is -0.817. The fraction of sp³-hybridized carbons (Fsp3) is 0.875. The Kier molecular flexibility index (Phi) is 7.75. The van der Waals surface area contributed by atoms with Crippen molar-refractivity contribution in [1.82, 2.24) is 4.90 Å². The molecule has 0 saturated heterocycles. The molecule has 3 heteroatoms. The molecule has 0 N–H and O–H groups in total. The highest BCUT2D eigenvalue weighted by molar-refractivity contribution is 5.85. The molecule has 3 nitrogen and oxygen atoms in total. The number of carbonyl (C=O) groups excluding carboxylic acids is 1. The van der Waals surface area contributed by atoms with Crippen LogP contribution in [-0.2, 0) is 4.79 Å². The smallest absolute Gasteiger partial charge is 0.243 e. The lowest BCUT2D eigenvalue weighted by molar-refractivity contribution is -0.142. The van der Waals surface area contributed by atoms with Gasteiger partial charge >= 0.3 is 0 Å². The summed E-state index contributed by atoms with van der Waals surface area (Å²) in [5, 5.41) is 9.58. The van der Waals surface area contributed by atoms with Gasteiger partial charge in [-0.3, -0.25) is 4.79 Å². The molecule has 19 heavy (non-hydrogen) atoms. The molecule has 0 aromatic heterocycles. The average molecular weight is 266 g/mol. The molecule has 0 rings (SSSR count). The summed E-state index contributed by atoms with van der Waals surface area (Å²) in [6.45, 7) is 13.1. The zero-order chi connectivity index (χ0) is 15.1. The van der Waals surface area contributed by atoms with Crippen LogP contribution in [0.3, 0.4) is 0 Å². The van der Waals surface area contributed by atoms with E-state index >= 15 is 0 Å². The lowest BCUT2D eigenvalue weighted by Crippen LogP contribution is -2.48. The quantitative estimate of drug-likeness (QED) is 0.666. The zero-order valence-electron chi connectivity index (χ0n) is 13.5. The van der Waals surface area contributed by atoms with Crippen LogP contribution in [0.2, 0.25) is 0 Å². The Morgan fingerprint density at radius 3 is 1.89 bits per heavy atom. The van der Waals surface area contributed by atoms with E-state index in [-0.39, 0.29) is 11.9 Å². The summed E-state index contributed by atoms with van der Waals surface area (Å²) in [5.74, 6) is 0.452. The van der Waals surface area contributed by atoms with Gasteiger partial charge in [0.2, 0.25) is 5.91 Å². The first-order chi connectivity index (χ1) is 8.84. The Balaban J connectivity index is 5.29. The lowest BCUT2D eigenvalue weighted by Gasteiger charge is -2.36. The van der Waals surface area contributed by atoms with E-state index in [2.05, 4.69) is 19.9 Å². The van der Waals surface area contributed by atoms with Crippen molar-refractivity contribution in [3.63, 3.8) is 0 Å². The van der Waals surface area contributed by atoms with Crippen LogP contribution in [0.25, 0.3) is 0 Å². The van der Waals surface area contributed by atoms with Crippen molar-refractivity contribution in [3.05, 3.63) is 0 Å². The highest BCUT2D eigenvalue weighted by Gasteiger charge is 2.40. The number of rotatable bonds is 8. The van der Waals surface area contributed by atoms with Crippen LogP contribution < -0.4 is 0 Å². The second kappa shape index (κ2) is 8.19. The summed E-state index contributed by atoms with van der Waals surface area (Å²) in [7, 11) is 0. The summed E-state index contributed by atoms with van der Waals surface area (Å²) in [6.07, 6.45) is 3.06. The van der Waals surface area contributed by atoms with E-state index < -0.39 is 5.41 Å². The molecule has 110 valence electrons. The molecular weight excluding hydrogens is 236 g/mol. The predicted molar refractivity (Wildman–Crippen MR) is 79.5 cm³/mol. The van der Waals surface area contributed by atoms with Crippen LogP contribution in [-0.4, -0.2) is 23.4 Å². The number of amides is 1. The van der Waals surface area contributed by atoms with Crippen LogP contribution in [0.1, 0.15) is 67.2 Å². The second-order valence-corrected chi connectivity index (χ2v) is 6.14. The first kappa shape index (κ1) is 18.0. The molecular formula is C16H30N2O. The van der Waals surface area contributed by atoms with Gasteiger partial charge in [-0.25, -0.2) is 0 Å². The van der Waals surface area contributed by atoms with Crippen LogP contribution in [0, 0.1) is 22.7 Å². The van der Waals surface area contributed by atoms with E-state index in [1.807, 2.05) is 32.6 Å². The van der Waals surface area contributed by atoms with E-state index in [1.54, 1.807) is 0 Å². The maximum absolute atomic E-state index is 12.9. The minimum Gasteiger partial charge on any atom is -0.339 e. The maximum atomic E-state index is 12.9. The van der Waals surface area contributed by atoms with E-state index in [9.17, 15) is 10.1 Å². The van der Waals surface area contributed by atoms with Crippen LogP contribution in [0.4, 0.5) is 0 Å². The Morgan fingerprint density at radius 1 is 1.16 bits per heavy atom. The summed E-state index contributed by atoms with van der Waals surface area (Å²) in [4.78, 5) is 14.7. The van der Waals surface area contributed by atoms with E-state index in [1.165, 1.54) is 0 Å². The van der Waals surface area contributed by atoms with Gasteiger partial charge in [0.05, 0.1) is 6.07 Å². The van der Waals surface area contributed by atoms with Gasteiger partial charge in [0.15, 0.2) is 0 Å². The van der Waals surface area contributed by atoms with Crippen molar-refractivity contribution in [2.75, 3.05) is 6.54 Å². The van der Waals surface area contributed by atoms with Gasteiger partial charge in [0.25, 0.3) is 0 Å². The SMILES string of the molecule is CCCC(C#N)(CCC)C(=O)N(CC(C)C)C(C)C. The second-order valence-electron chi connectivity index (χ2n) is 6.14. The molecule has 0 aliphatic carbocycles. The molecule has 0 aromatic carbocycles. The monoisotopic (exact) mass is 266 g/mol. The van der Waals surface area contributed by atoms with Crippen molar-refractivity contribution < 1.29 is 4.79 Å². The molecule has 0 atom stereocenters. The highest BCUT2D eigenvalue weighted by atomic mass is 16.2. The lowest BCUT2D eigenvalue weighted by atomic mass is 9.79. The van der Waals surface area contributed by atoms with Crippen LogP contribution in [0.15, 0.2) is 0 Å². The van der Waals surface area contributed by atoms with Gasteiger partial charge in [0.1, 0.15) is 5.41 Å². The topological polar surface area (TPSA) is 44.1 Å². The van der Waals surface area contributed by atoms with Crippen molar-refractivity contribution in [2.24, 2.45) is 11.3 Å². The van der Waals surface area contributed by atoms with E-state index in [0.29, 0.717) is 18.8 Å². The molecule has 0 aromatic rings. The average Bonchev–Trinajstić information content (AvgIpc) is 2.34. The Morgan fingerprint density at radius 2 is 1.63 bits per heavy atom.